The molecule has 76 valence electrons. The third kappa shape index (κ3) is 5.49. The Labute approximate surface area is 78.3 Å². The molecule has 0 fully saturated rings. The van der Waals surface area contributed by atoms with Crippen LogP contribution in [-0.2, 0) is 29.1 Å². The van der Waals surface area contributed by atoms with Crippen molar-refractivity contribution in [3.05, 3.63) is 25.3 Å². The molecule has 0 aromatic carbocycles. The van der Waals surface area contributed by atoms with Crippen molar-refractivity contribution in [2.75, 3.05) is 0 Å². The Hall–Kier alpha value is -2.15. The summed E-state index contributed by atoms with van der Waals surface area (Å²) in [6.07, 6.45) is 0.00685. The van der Waals surface area contributed by atoms with Crippen molar-refractivity contribution in [2.24, 2.45) is 0 Å². The van der Waals surface area contributed by atoms with Gasteiger partial charge in [-0.25, -0.2) is 19.3 Å². The molecule has 14 heavy (non-hydrogen) atoms. The van der Waals surface area contributed by atoms with Crippen LogP contribution in [0.15, 0.2) is 25.3 Å². The lowest BCUT2D eigenvalue weighted by Crippen LogP contribution is -2.13. The molecule has 0 aromatic rings. The number of carbonyl (C=O) groups excluding carboxylic acids is 3. The van der Waals surface area contributed by atoms with Crippen molar-refractivity contribution in [3.63, 3.8) is 0 Å². The number of carbonyl (C=O) groups is 3. The summed E-state index contributed by atoms with van der Waals surface area (Å²) in [5.41, 5.74) is 0. The molecule has 0 saturated heterocycles. The van der Waals surface area contributed by atoms with Crippen LogP contribution in [0.4, 0.5) is 4.79 Å². The quantitative estimate of drug-likeness (QED) is 0.214. The van der Waals surface area contributed by atoms with E-state index in [0.29, 0.717) is 0 Å². The lowest BCUT2D eigenvalue weighted by Gasteiger charge is -1.98. The van der Waals surface area contributed by atoms with Gasteiger partial charge in [-0.15, -0.1) is 0 Å². The van der Waals surface area contributed by atoms with Crippen molar-refractivity contribution < 1.29 is 33.9 Å². The fraction of sp³-hybridized carbons (Fsp3) is 0. The van der Waals surface area contributed by atoms with Gasteiger partial charge in [0.1, 0.15) is 0 Å². The zero-order valence-electron chi connectivity index (χ0n) is 6.93. The minimum Gasteiger partial charge on any atom is -0.355 e. The van der Waals surface area contributed by atoms with E-state index in [1.54, 1.807) is 0 Å². The van der Waals surface area contributed by atoms with Crippen LogP contribution in [0.1, 0.15) is 0 Å². The molecule has 0 saturated carbocycles. The Kier molecular flexibility index (Phi) is 5.40. The van der Waals surface area contributed by atoms with Crippen molar-refractivity contribution in [2.45, 2.75) is 0 Å². The van der Waals surface area contributed by atoms with Crippen LogP contribution < -0.4 is 0 Å². The molecule has 0 bridgehead atoms. The Morgan fingerprint density at radius 2 is 1.50 bits per heavy atom. The number of hydrogen-bond donors (Lipinski definition) is 0. The first-order valence-electron chi connectivity index (χ1n) is 3.16. The first-order valence-corrected chi connectivity index (χ1v) is 3.16. The van der Waals surface area contributed by atoms with Gasteiger partial charge in [0.25, 0.3) is 0 Å². The summed E-state index contributed by atoms with van der Waals surface area (Å²) in [5.74, 6) is -2.01. The highest BCUT2D eigenvalue weighted by atomic mass is 17.5. The Balaban J connectivity index is 3.64. The van der Waals surface area contributed by atoms with E-state index in [9.17, 15) is 14.4 Å². The maximum Gasteiger partial charge on any atom is 0.551 e. The largest absolute Gasteiger partial charge is 0.551 e. The van der Waals surface area contributed by atoms with E-state index >= 15 is 0 Å². The Morgan fingerprint density at radius 1 is 0.929 bits per heavy atom. The van der Waals surface area contributed by atoms with Crippen LogP contribution in [0.2, 0.25) is 0 Å². The highest BCUT2D eigenvalue weighted by molar-refractivity contribution is 5.89. The van der Waals surface area contributed by atoms with Crippen LogP contribution in [0, 0.1) is 0 Å². The smallest absolute Gasteiger partial charge is 0.355 e. The standard InChI is InChI=1S/C7H6O7/c1-3-5(8)11-7(10)13-14-12-6(9)4-2/h3-4H,1-2H2. The molecule has 7 nitrogen and oxygen atoms in total. The van der Waals surface area contributed by atoms with Gasteiger partial charge >= 0.3 is 18.1 Å². The first kappa shape index (κ1) is 11.8. The first-order chi connectivity index (χ1) is 6.60. The van der Waals surface area contributed by atoms with Gasteiger partial charge < -0.3 is 4.74 Å². The van der Waals surface area contributed by atoms with Gasteiger partial charge in [0, 0.05) is 12.2 Å². The molecule has 0 aromatic heterocycles. The second-order valence-electron chi connectivity index (χ2n) is 1.63. The zero-order chi connectivity index (χ0) is 11.0. The molecule has 0 rings (SSSR count). The fourth-order valence-electron chi connectivity index (χ4n) is 0.253. The molecule has 0 amide bonds. The lowest BCUT2D eigenvalue weighted by atomic mass is 10.7. The molecule has 0 N–H and O–H groups in total. The summed E-state index contributed by atoms with van der Waals surface area (Å²) in [5, 5.41) is 3.61. The van der Waals surface area contributed by atoms with Gasteiger partial charge in [-0.05, 0) is 0 Å². The van der Waals surface area contributed by atoms with Gasteiger partial charge in [-0.3, -0.25) is 4.89 Å². The van der Waals surface area contributed by atoms with Gasteiger partial charge in [0.05, 0.1) is 5.04 Å². The molecule has 0 aliphatic carbocycles. The van der Waals surface area contributed by atoms with Crippen LogP contribution >= 0.6 is 0 Å². The second-order valence-corrected chi connectivity index (χ2v) is 1.63. The SMILES string of the molecule is C=CC(=O)OOOC(=O)OC(=O)C=C. The minimum atomic E-state index is -1.49. The van der Waals surface area contributed by atoms with E-state index in [-0.39, 0.29) is 0 Å². The van der Waals surface area contributed by atoms with Crippen molar-refractivity contribution in [1.82, 2.24) is 0 Å². The van der Waals surface area contributed by atoms with Gasteiger partial charge in [0.15, 0.2) is 0 Å². The summed E-state index contributed by atoms with van der Waals surface area (Å²) in [7, 11) is 0. The number of rotatable bonds is 4. The van der Waals surface area contributed by atoms with E-state index in [0.717, 1.165) is 12.2 Å². The summed E-state index contributed by atoms with van der Waals surface area (Å²) in [6, 6.07) is 0. The fourth-order valence-corrected chi connectivity index (χ4v) is 0.253. The predicted molar refractivity (Wildman–Crippen MR) is 40.1 cm³/mol. The molecule has 7 heteroatoms. The van der Waals surface area contributed by atoms with Crippen LogP contribution in [0.3, 0.4) is 0 Å². The van der Waals surface area contributed by atoms with Gasteiger partial charge in [0.2, 0.25) is 0 Å². The zero-order valence-corrected chi connectivity index (χ0v) is 6.93. The average Bonchev–Trinajstić information content (AvgIpc) is 2.17. The van der Waals surface area contributed by atoms with E-state index in [1.165, 1.54) is 0 Å². The third-order valence-corrected chi connectivity index (χ3v) is 0.735. The van der Waals surface area contributed by atoms with Crippen LogP contribution in [0.5, 0.6) is 0 Å². The highest BCUT2D eigenvalue weighted by Crippen LogP contribution is 1.90. The Morgan fingerprint density at radius 3 is 2.00 bits per heavy atom. The topological polar surface area (TPSA) is 88.1 Å². The predicted octanol–water partition coefficient (Wildman–Crippen LogP) is 0.428. The summed E-state index contributed by atoms with van der Waals surface area (Å²) < 4.78 is 3.85. The molecule has 0 aliphatic rings. The summed E-state index contributed by atoms with van der Waals surface area (Å²) >= 11 is 0. The monoisotopic (exact) mass is 202 g/mol. The van der Waals surface area contributed by atoms with Gasteiger partial charge in [-0.1, -0.05) is 13.2 Å². The molecule has 0 aliphatic heterocycles. The molecule has 0 atom stereocenters. The normalized spacial score (nSPS) is 8.29. The van der Waals surface area contributed by atoms with Crippen molar-refractivity contribution in [3.8, 4) is 0 Å². The minimum absolute atomic E-state index is 0.733. The summed E-state index contributed by atoms with van der Waals surface area (Å²) in [6.45, 7) is 6.04. The average molecular weight is 202 g/mol. The molecule has 0 radical (unpaired) electrons. The van der Waals surface area contributed by atoms with E-state index in [4.69, 9.17) is 0 Å². The summed E-state index contributed by atoms with van der Waals surface area (Å²) in [4.78, 5) is 38.5. The van der Waals surface area contributed by atoms with Crippen LogP contribution in [0.25, 0.3) is 0 Å². The van der Waals surface area contributed by atoms with Crippen molar-refractivity contribution in [1.29, 1.82) is 0 Å². The second kappa shape index (κ2) is 6.38. The highest BCUT2D eigenvalue weighted by Gasteiger charge is 2.11. The number of hydrogen-bond acceptors (Lipinski definition) is 7. The maximum absolute atomic E-state index is 10.4. The number of ether oxygens (including phenoxy) is 1. The van der Waals surface area contributed by atoms with E-state index in [1.807, 2.05) is 0 Å². The van der Waals surface area contributed by atoms with Gasteiger partial charge in [-0.2, -0.15) is 0 Å². The molecule has 0 unspecified atom stereocenters. The molecular weight excluding hydrogens is 196 g/mol. The van der Waals surface area contributed by atoms with E-state index in [2.05, 4.69) is 32.7 Å². The lowest BCUT2D eigenvalue weighted by molar-refractivity contribution is -0.455. The van der Waals surface area contributed by atoms with Crippen molar-refractivity contribution >= 4 is 18.1 Å². The molecule has 0 heterocycles. The molecule has 0 spiro atoms. The van der Waals surface area contributed by atoms with E-state index < -0.39 is 18.1 Å². The van der Waals surface area contributed by atoms with Crippen LogP contribution in [-0.4, -0.2) is 18.1 Å². The Bertz CT molecular complexity index is 267. The molecular formula is C7H6O7. The number of esters is 1. The third-order valence-electron chi connectivity index (χ3n) is 0.735. The maximum atomic E-state index is 10.4.